The van der Waals surface area contributed by atoms with Gasteiger partial charge in [-0.15, -0.1) is 0 Å². The molecule has 13 heteroatoms. The molecule has 0 spiro atoms. The first-order valence-corrected chi connectivity index (χ1v) is 8.42. The van der Waals surface area contributed by atoms with E-state index in [4.69, 9.17) is 11.0 Å². The second-order valence-corrected chi connectivity index (χ2v) is 6.35. The Morgan fingerprint density at radius 2 is 1.94 bits per heavy atom. The first kappa shape index (κ1) is 21.9. The number of amidine groups is 1. The van der Waals surface area contributed by atoms with E-state index in [1.54, 1.807) is 6.07 Å². The predicted molar refractivity (Wildman–Crippen MR) is 93.1 cm³/mol. The number of hydrogen-bond acceptors (Lipinski definition) is 6. The van der Waals surface area contributed by atoms with E-state index < -0.39 is 71.1 Å². The van der Waals surface area contributed by atoms with Crippen molar-refractivity contribution in [3.63, 3.8) is 0 Å². The number of halogens is 6. The van der Waals surface area contributed by atoms with Crippen molar-refractivity contribution in [3.8, 4) is 6.07 Å². The number of anilines is 1. The standard InChI is InChI=1S/C18H11F6N5O2/c19-10-3-8(28-16(30)15-11(20)1-7(5-25)6-27-15)2-9(14(10)21)12-4-13(18(22,23)24)31-17(26)29-12/h1-3,6,12-13H,4H2,(H2,26,29)(H,28,30)/t12-,13-/m0/s1. The number of aromatic nitrogens is 1. The van der Waals surface area contributed by atoms with Crippen molar-refractivity contribution in [1.82, 2.24) is 4.98 Å². The van der Waals surface area contributed by atoms with Crippen LogP contribution in [0.5, 0.6) is 0 Å². The lowest BCUT2D eigenvalue weighted by Crippen LogP contribution is -2.40. The van der Waals surface area contributed by atoms with E-state index in [2.05, 4.69) is 20.0 Å². The van der Waals surface area contributed by atoms with E-state index in [-0.39, 0.29) is 5.56 Å². The molecule has 0 fully saturated rings. The molecule has 0 saturated heterocycles. The number of nitrogens with one attached hydrogen (secondary N) is 1. The highest BCUT2D eigenvalue weighted by Crippen LogP contribution is 2.37. The average molecular weight is 443 g/mol. The number of ether oxygens (including phenoxy) is 1. The van der Waals surface area contributed by atoms with E-state index in [0.717, 1.165) is 18.3 Å². The summed E-state index contributed by atoms with van der Waals surface area (Å²) in [6.45, 7) is 0. The summed E-state index contributed by atoms with van der Waals surface area (Å²) in [6, 6.07) is 1.34. The van der Waals surface area contributed by atoms with Gasteiger partial charge in [0.25, 0.3) is 11.9 Å². The van der Waals surface area contributed by atoms with Crippen molar-refractivity contribution in [2.45, 2.75) is 24.7 Å². The highest BCUT2D eigenvalue weighted by molar-refractivity contribution is 6.03. The molecule has 7 nitrogen and oxygen atoms in total. The fourth-order valence-corrected chi connectivity index (χ4v) is 2.81. The minimum Gasteiger partial charge on any atom is -0.452 e. The summed E-state index contributed by atoms with van der Waals surface area (Å²) < 4.78 is 85.7. The van der Waals surface area contributed by atoms with Crippen LogP contribution in [0.15, 0.2) is 29.4 Å². The fraction of sp³-hybridized carbons (Fsp3) is 0.222. The molecule has 2 atom stereocenters. The van der Waals surface area contributed by atoms with Crippen LogP contribution in [0.2, 0.25) is 0 Å². The zero-order chi connectivity index (χ0) is 22.9. The summed E-state index contributed by atoms with van der Waals surface area (Å²) in [6.07, 6.45) is -7.19. The number of rotatable bonds is 3. The Morgan fingerprint density at radius 1 is 1.23 bits per heavy atom. The number of alkyl halides is 3. The molecule has 3 N–H and O–H groups in total. The maximum atomic E-state index is 14.3. The van der Waals surface area contributed by atoms with Crippen molar-refractivity contribution in [2.24, 2.45) is 10.7 Å². The number of amides is 1. The fourth-order valence-electron chi connectivity index (χ4n) is 2.81. The Balaban J connectivity index is 1.92. The van der Waals surface area contributed by atoms with Crippen LogP contribution < -0.4 is 11.1 Å². The molecule has 0 aliphatic carbocycles. The molecule has 1 aliphatic heterocycles. The third-order valence-corrected chi connectivity index (χ3v) is 4.21. The van der Waals surface area contributed by atoms with Gasteiger partial charge in [0, 0.05) is 29.9 Å². The van der Waals surface area contributed by atoms with Gasteiger partial charge >= 0.3 is 6.18 Å². The molecular weight excluding hydrogens is 432 g/mol. The monoisotopic (exact) mass is 443 g/mol. The van der Waals surface area contributed by atoms with Crippen LogP contribution in [-0.2, 0) is 4.74 Å². The quantitative estimate of drug-likeness (QED) is 0.707. The van der Waals surface area contributed by atoms with Crippen LogP contribution in [0.25, 0.3) is 0 Å². The van der Waals surface area contributed by atoms with E-state index in [1.807, 2.05) is 0 Å². The molecule has 31 heavy (non-hydrogen) atoms. The predicted octanol–water partition coefficient (Wildman–Crippen LogP) is 3.33. The van der Waals surface area contributed by atoms with Gasteiger partial charge in [0.1, 0.15) is 6.07 Å². The van der Waals surface area contributed by atoms with E-state index in [9.17, 15) is 31.1 Å². The zero-order valence-electron chi connectivity index (χ0n) is 15.2. The molecule has 0 bridgehead atoms. The third kappa shape index (κ3) is 4.68. The number of aliphatic imine (C=N–C) groups is 1. The first-order valence-electron chi connectivity index (χ1n) is 8.42. The number of nitrogens with zero attached hydrogens (tertiary/aromatic N) is 3. The summed E-state index contributed by atoms with van der Waals surface area (Å²) in [7, 11) is 0. The van der Waals surface area contributed by atoms with Gasteiger partial charge in [-0.2, -0.15) is 18.4 Å². The largest absolute Gasteiger partial charge is 0.452 e. The van der Waals surface area contributed by atoms with Crippen LogP contribution in [0.3, 0.4) is 0 Å². The number of nitrogens with two attached hydrogens (primary N) is 1. The van der Waals surface area contributed by atoms with Crippen molar-refractivity contribution < 1.29 is 35.9 Å². The lowest BCUT2D eigenvalue weighted by molar-refractivity contribution is -0.204. The average Bonchev–Trinajstić information content (AvgIpc) is 2.69. The molecule has 0 saturated carbocycles. The molecule has 0 radical (unpaired) electrons. The van der Waals surface area contributed by atoms with E-state index in [1.165, 1.54) is 0 Å². The van der Waals surface area contributed by atoms with Crippen LogP contribution in [0, 0.1) is 28.8 Å². The third-order valence-electron chi connectivity index (χ3n) is 4.21. The van der Waals surface area contributed by atoms with Gasteiger partial charge in [-0.25, -0.2) is 23.1 Å². The maximum absolute atomic E-state index is 14.3. The van der Waals surface area contributed by atoms with Crippen LogP contribution in [0.4, 0.5) is 32.0 Å². The maximum Gasteiger partial charge on any atom is 0.425 e. The van der Waals surface area contributed by atoms with Crippen molar-refractivity contribution in [1.29, 1.82) is 5.26 Å². The Labute approximate surface area is 170 Å². The SMILES string of the molecule is N#Cc1cnc(C(=O)Nc2cc(F)c(F)c([C@@H]3C[C@@H](C(F)(F)F)OC(N)=N3)c2)c(F)c1. The van der Waals surface area contributed by atoms with Crippen LogP contribution in [0.1, 0.15) is 34.1 Å². The number of carbonyl (C=O) groups is 1. The lowest BCUT2D eigenvalue weighted by Gasteiger charge is -2.29. The van der Waals surface area contributed by atoms with Crippen LogP contribution in [-0.4, -0.2) is 29.2 Å². The van der Waals surface area contributed by atoms with Gasteiger partial charge in [-0.1, -0.05) is 0 Å². The minimum atomic E-state index is -4.83. The smallest absolute Gasteiger partial charge is 0.425 e. The molecule has 2 aromatic rings. The summed E-state index contributed by atoms with van der Waals surface area (Å²) in [5.41, 5.74) is 3.33. The van der Waals surface area contributed by atoms with Gasteiger partial charge in [0.15, 0.2) is 29.2 Å². The molecule has 162 valence electrons. The summed E-state index contributed by atoms with van der Waals surface area (Å²) in [4.78, 5) is 19.3. The second kappa shape index (κ2) is 8.13. The van der Waals surface area contributed by atoms with Crippen molar-refractivity contribution >= 4 is 17.6 Å². The van der Waals surface area contributed by atoms with Gasteiger partial charge in [-0.05, 0) is 12.1 Å². The van der Waals surface area contributed by atoms with E-state index in [0.29, 0.717) is 6.07 Å². The molecule has 1 aromatic heterocycles. The normalized spacial score (nSPS) is 18.5. The minimum absolute atomic E-state index is 0.154. The molecule has 0 unspecified atom stereocenters. The van der Waals surface area contributed by atoms with Gasteiger partial charge in [0.05, 0.1) is 11.6 Å². The molecule has 1 aliphatic rings. The van der Waals surface area contributed by atoms with E-state index >= 15 is 0 Å². The Hall–Kier alpha value is -3.82. The number of pyridine rings is 1. The highest BCUT2D eigenvalue weighted by atomic mass is 19.4. The molecule has 2 heterocycles. The highest BCUT2D eigenvalue weighted by Gasteiger charge is 2.46. The Kier molecular flexibility index (Phi) is 5.74. The summed E-state index contributed by atoms with van der Waals surface area (Å²) in [5.74, 6) is -5.30. The van der Waals surface area contributed by atoms with Gasteiger partial charge in [-0.3, -0.25) is 4.79 Å². The second-order valence-electron chi connectivity index (χ2n) is 6.35. The number of benzene rings is 1. The summed E-state index contributed by atoms with van der Waals surface area (Å²) >= 11 is 0. The van der Waals surface area contributed by atoms with Gasteiger partial charge < -0.3 is 15.8 Å². The Bertz CT molecular complexity index is 1110. The van der Waals surface area contributed by atoms with Crippen molar-refractivity contribution in [3.05, 3.63) is 58.7 Å². The zero-order valence-corrected chi connectivity index (χ0v) is 15.2. The molecule has 1 amide bonds. The van der Waals surface area contributed by atoms with Crippen LogP contribution >= 0.6 is 0 Å². The number of hydrogen-bond donors (Lipinski definition) is 2. The molecule has 1 aromatic carbocycles. The molecule has 3 rings (SSSR count). The van der Waals surface area contributed by atoms with Crippen molar-refractivity contribution in [2.75, 3.05) is 5.32 Å². The topological polar surface area (TPSA) is 113 Å². The molecular formula is C18H11F6N5O2. The summed E-state index contributed by atoms with van der Waals surface area (Å²) in [5, 5.41) is 10.8. The first-order chi connectivity index (χ1) is 14.5. The van der Waals surface area contributed by atoms with Gasteiger partial charge in [0.2, 0.25) is 0 Å². The number of nitriles is 1. The Morgan fingerprint density at radius 3 is 2.55 bits per heavy atom. The lowest BCUT2D eigenvalue weighted by atomic mass is 9.98. The number of carbonyl (C=O) groups excluding carboxylic acids is 1.